The van der Waals surface area contributed by atoms with Crippen LogP contribution in [-0.4, -0.2) is 15.9 Å². The van der Waals surface area contributed by atoms with Gasteiger partial charge in [-0.15, -0.1) is 11.3 Å². The summed E-state index contributed by atoms with van der Waals surface area (Å²) < 4.78 is 0. The molecular formula is C20H18N4OS. The van der Waals surface area contributed by atoms with Gasteiger partial charge in [-0.3, -0.25) is 9.78 Å². The van der Waals surface area contributed by atoms with Crippen molar-refractivity contribution in [1.29, 1.82) is 0 Å². The predicted octanol–water partition coefficient (Wildman–Crippen LogP) is 4.80. The number of fused-ring (bicyclic) bond motifs is 2. The van der Waals surface area contributed by atoms with E-state index in [1.165, 1.54) is 11.3 Å². The number of rotatable bonds is 3. The molecule has 0 spiro atoms. The lowest BCUT2D eigenvalue weighted by Gasteiger charge is -2.05. The summed E-state index contributed by atoms with van der Waals surface area (Å²) >= 11 is 1.32. The Morgan fingerprint density at radius 1 is 1.19 bits per heavy atom. The van der Waals surface area contributed by atoms with Gasteiger partial charge in [0.1, 0.15) is 9.71 Å². The Labute approximate surface area is 154 Å². The van der Waals surface area contributed by atoms with Crippen LogP contribution < -0.4 is 11.1 Å². The van der Waals surface area contributed by atoms with Crippen LogP contribution in [0.25, 0.3) is 21.1 Å². The summed E-state index contributed by atoms with van der Waals surface area (Å²) in [5, 5.41) is 4.68. The Hall–Kier alpha value is -2.99. The van der Waals surface area contributed by atoms with E-state index in [0.717, 1.165) is 26.8 Å². The van der Waals surface area contributed by atoms with Crippen molar-refractivity contribution in [2.45, 2.75) is 19.8 Å². The monoisotopic (exact) mass is 362 g/mol. The fourth-order valence-corrected chi connectivity index (χ4v) is 3.82. The zero-order valence-corrected chi connectivity index (χ0v) is 15.3. The molecule has 0 unspecified atom stereocenters. The molecule has 3 N–H and O–H groups in total. The van der Waals surface area contributed by atoms with Crippen molar-refractivity contribution < 1.29 is 4.79 Å². The molecule has 0 bridgehead atoms. The van der Waals surface area contributed by atoms with Crippen LogP contribution >= 0.6 is 11.3 Å². The molecule has 0 radical (unpaired) electrons. The highest BCUT2D eigenvalue weighted by Crippen LogP contribution is 2.34. The van der Waals surface area contributed by atoms with E-state index in [-0.39, 0.29) is 5.91 Å². The van der Waals surface area contributed by atoms with Gasteiger partial charge in [-0.25, -0.2) is 4.98 Å². The normalized spacial score (nSPS) is 11.3. The van der Waals surface area contributed by atoms with E-state index in [9.17, 15) is 4.79 Å². The molecule has 3 aromatic heterocycles. The smallest absolute Gasteiger partial charge is 0.267 e. The molecule has 0 aliphatic heterocycles. The van der Waals surface area contributed by atoms with E-state index in [0.29, 0.717) is 22.2 Å². The fraction of sp³-hybridized carbons (Fsp3) is 0.150. The maximum Gasteiger partial charge on any atom is 0.267 e. The third-order valence-electron chi connectivity index (χ3n) is 4.26. The van der Waals surface area contributed by atoms with Gasteiger partial charge in [-0.2, -0.15) is 0 Å². The largest absolute Gasteiger partial charge is 0.397 e. The molecule has 5 nitrogen and oxygen atoms in total. The molecule has 0 aliphatic carbocycles. The molecule has 4 aromatic rings. The van der Waals surface area contributed by atoms with Crippen LogP contribution in [0.5, 0.6) is 0 Å². The number of carbonyl (C=O) groups excluding carboxylic acids is 1. The minimum Gasteiger partial charge on any atom is -0.397 e. The Kier molecular flexibility index (Phi) is 4.05. The molecular weight excluding hydrogens is 344 g/mol. The average Bonchev–Trinajstić information content (AvgIpc) is 2.98. The topological polar surface area (TPSA) is 80.9 Å². The summed E-state index contributed by atoms with van der Waals surface area (Å²) in [6.45, 7) is 4.18. The zero-order valence-electron chi connectivity index (χ0n) is 14.5. The standard InChI is InChI=1S/C20H18N4OS/c1-11(2)15-8-7-14-17(21)18(26-20(14)24-15)19(25)23-13-9-12-5-3-4-6-16(12)22-10-13/h3-11H,21H2,1-2H3,(H,23,25). The lowest BCUT2D eigenvalue weighted by molar-refractivity contribution is 0.103. The summed E-state index contributed by atoms with van der Waals surface area (Å²) in [6.07, 6.45) is 1.65. The number of hydrogen-bond donors (Lipinski definition) is 2. The second kappa shape index (κ2) is 6.38. The van der Waals surface area contributed by atoms with Gasteiger partial charge < -0.3 is 11.1 Å². The van der Waals surface area contributed by atoms with Crippen LogP contribution in [0.1, 0.15) is 35.1 Å². The quantitative estimate of drug-likeness (QED) is 0.548. The highest BCUT2D eigenvalue weighted by molar-refractivity contribution is 7.21. The van der Waals surface area contributed by atoms with Crippen molar-refractivity contribution in [1.82, 2.24) is 9.97 Å². The minimum atomic E-state index is -0.242. The van der Waals surface area contributed by atoms with Crippen LogP contribution in [0.4, 0.5) is 11.4 Å². The average molecular weight is 362 g/mol. The summed E-state index contributed by atoms with van der Waals surface area (Å²) in [7, 11) is 0. The van der Waals surface area contributed by atoms with Gasteiger partial charge in [0, 0.05) is 16.5 Å². The van der Waals surface area contributed by atoms with Crippen LogP contribution in [0, 0.1) is 0 Å². The van der Waals surface area contributed by atoms with E-state index in [2.05, 4.69) is 29.1 Å². The number of aromatic nitrogens is 2. The molecule has 3 heterocycles. The molecule has 1 aromatic carbocycles. The van der Waals surface area contributed by atoms with Crippen molar-refractivity contribution in [3.8, 4) is 0 Å². The molecule has 0 aliphatic rings. The number of thiophene rings is 1. The van der Waals surface area contributed by atoms with Crippen LogP contribution in [0.2, 0.25) is 0 Å². The van der Waals surface area contributed by atoms with Crippen molar-refractivity contribution in [2.24, 2.45) is 0 Å². The molecule has 130 valence electrons. The fourth-order valence-electron chi connectivity index (χ4n) is 2.83. The summed E-state index contributed by atoms with van der Waals surface area (Å²) in [6, 6.07) is 13.6. The predicted molar refractivity (Wildman–Crippen MR) is 108 cm³/mol. The molecule has 26 heavy (non-hydrogen) atoms. The number of carbonyl (C=O) groups is 1. The zero-order chi connectivity index (χ0) is 18.3. The Morgan fingerprint density at radius 3 is 2.81 bits per heavy atom. The summed E-state index contributed by atoms with van der Waals surface area (Å²) in [5.41, 5.74) is 9.19. The van der Waals surface area contributed by atoms with Gasteiger partial charge in [-0.05, 0) is 30.2 Å². The number of pyridine rings is 2. The second-order valence-corrected chi connectivity index (χ2v) is 7.46. The first-order chi connectivity index (χ1) is 12.5. The van der Waals surface area contributed by atoms with Crippen LogP contribution in [0.3, 0.4) is 0 Å². The SMILES string of the molecule is CC(C)c1ccc2c(N)c(C(=O)Nc3cnc4ccccc4c3)sc2n1. The second-order valence-electron chi connectivity index (χ2n) is 6.46. The van der Waals surface area contributed by atoms with Gasteiger partial charge in [0.25, 0.3) is 5.91 Å². The number of nitrogen functional groups attached to an aromatic ring is 1. The Balaban J connectivity index is 1.67. The number of hydrogen-bond acceptors (Lipinski definition) is 5. The lowest BCUT2D eigenvalue weighted by atomic mass is 10.1. The third-order valence-corrected chi connectivity index (χ3v) is 5.38. The number of amides is 1. The number of nitrogens with zero attached hydrogens (tertiary/aromatic N) is 2. The van der Waals surface area contributed by atoms with Crippen molar-refractivity contribution in [3.63, 3.8) is 0 Å². The number of anilines is 2. The van der Waals surface area contributed by atoms with Gasteiger partial charge in [0.15, 0.2) is 0 Å². The summed E-state index contributed by atoms with van der Waals surface area (Å²) in [5.74, 6) is 0.0809. The molecule has 1 amide bonds. The van der Waals surface area contributed by atoms with E-state index < -0.39 is 0 Å². The van der Waals surface area contributed by atoms with Crippen molar-refractivity contribution >= 4 is 49.7 Å². The maximum atomic E-state index is 12.7. The van der Waals surface area contributed by atoms with Gasteiger partial charge in [0.05, 0.1) is 23.1 Å². The molecule has 4 rings (SSSR count). The van der Waals surface area contributed by atoms with Crippen molar-refractivity contribution in [2.75, 3.05) is 11.1 Å². The van der Waals surface area contributed by atoms with E-state index >= 15 is 0 Å². The number of benzene rings is 1. The first-order valence-electron chi connectivity index (χ1n) is 8.38. The van der Waals surface area contributed by atoms with Gasteiger partial charge >= 0.3 is 0 Å². The van der Waals surface area contributed by atoms with Gasteiger partial charge in [-0.1, -0.05) is 32.0 Å². The summed E-state index contributed by atoms with van der Waals surface area (Å²) in [4.78, 5) is 23.0. The number of nitrogens with one attached hydrogen (secondary N) is 1. The maximum absolute atomic E-state index is 12.7. The van der Waals surface area contributed by atoms with E-state index in [1.54, 1.807) is 6.20 Å². The molecule has 0 saturated heterocycles. The Morgan fingerprint density at radius 2 is 2.00 bits per heavy atom. The molecule has 0 fully saturated rings. The first-order valence-corrected chi connectivity index (χ1v) is 9.19. The molecule has 0 atom stereocenters. The Bertz CT molecular complexity index is 1130. The van der Waals surface area contributed by atoms with Crippen LogP contribution in [-0.2, 0) is 0 Å². The van der Waals surface area contributed by atoms with Crippen LogP contribution in [0.15, 0.2) is 48.7 Å². The minimum absolute atomic E-state index is 0.242. The lowest BCUT2D eigenvalue weighted by Crippen LogP contribution is -2.12. The van der Waals surface area contributed by atoms with Crippen molar-refractivity contribution in [3.05, 3.63) is 59.2 Å². The third kappa shape index (κ3) is 2.88. The number of nitrogens with two attached hydrogens (primary N) is 1. The number of para-hydroxylation sites is 1. The van der Waals surface area contributed by atoms with Gasteiger partial charge in [0.2, 0.25) is 0 Å². The first kappa shape index (κ1) is 16.5. The van der Waals surface area contributed by atoms with E-state index in [1.807, 2.05) is 42.5 Å². The van der Waals surface area contributed by atoms with E-state index in [4.69, 9.17) is 5.73 Å². The highest BCUT2D eigenvalue weighted by Gasteiger charge is 2.18. The highest BCUT2D eigenvalue weighted by atomic mass is 32.1. The molecule has 6 heteroatoms. The molecule has 0 saturated carbocycles.